The zero-order valence-corrected chi connectivity index (χ0v) is 8.54. The van der Waals surface area contributed by atoms with E-state index >= 15 is 0 Å². The molecule has 1 aromatic rings. The van der Waals surface area contributed by atoms with Crippen LogP contribution in [0, 0.1) is 0 Å². The third-order valence-corrected chi connectivity index (χ3v) is 2.83. The van der Waals surface area contributed by atoms with Crippen LogP contribution in [0.25, 0.3) is 0 Å². The molecular weight excluding hydrogens is 176 g/mol. The summed E-state index contributed by atoms with van der Waals surface area (Å²) in [5.74, 6) is 0.921. The Morgan fingerprint density at radius 2 is 2.14 bits per heavy atom. The van der Waals surface area contributed by atoms with Gasteiger partial charge in [-0.25, -0.2) is 0 Å². The van der Waals surface area contributed by atoms with E-state index in [2.05, 4.69) is 0 Å². The van der Waals surface area contributed by atoms with Gasteiger partial charge in [0.15, 0.2) is 5.78 Å². The van der Waals surface area contributed by atoms with E-state index in [4.69, 9.17) is 4.74 Å². The quantitative estimate of drug-likeness (QED) is 0.680. The molecule has 1 unspecified atom stereocenters. The zero-order chi connectivity index (χ0) is 10.2. The van der Waals surface area contributed by atoms with Crippen molar-refractivity contribution in [3.63, 3.8) is 0 Å². The number of carbonyl (C=O) groups excluding carboxylic acids is 1. The van der Waals surface area contributed by atoms with Gasteiger partial charge in [-0.1, -0.05) is 19.1 Å². The highest BCUT2D eigenvalue weighted by Crippen LogP contribution is 2.34. The molecule has 0 radical (unpaired) electrons. The van der Waals surface area contributed by atoms with E-state index in [1.165, 1.54) is 0 Å². The number of para-hydroxylation sites is 1. The van der Waals surface area contributed by atoms with Crippen LogP contribution in [0.5, 0.6) is 5.75 Å². The summed E-state index contributed by atoms with van der Waals surface area (Å²) in [7, 11) is 0. The summed E-state index contributed by atoms with van der Waals surface area (Å²) in [4.78, 5) is 11.8. The predicted molar refractivity (Wildman–Crippen MR) is 54.7 cm³/mol. The zero-order valence-electron chi connectivity index (χ0n) is 8.54. The number of hydrogen-bond donors (Lipinski definition) is 0. The van der Waals surface area contributed by atoms with Crippen LogP contribution < -0.4 is 4.74 Å². The molecule has 74 valence electrons. The molecule has 0 aromatic heterocycles. The first-order chi connectivity index (χ1) is 6.64. The van der Waals surface area contributed by atoms with Crippen LogP contribution in [-0.4, -0.2) is 11.4 Å². The van der Waals surface area contributed by atoms with Gasteiger partial charge < -0.3 is 4.74 Å². The maximum atomic E-state index is 11.8. The second-order valence-electron chi connectivity index (χ2n) is 4.00. The number of Topliss-reactive ketones (excluding diaryl/α,β-unsaturated/α-hetero) is 1. The van der Waals surface area contributed by atoms with Crippen LogP contribution >= 0.6 is 0 Å². The molecule has 1 heterocycles. The van der Waals surface area contributed by atoms with E-state index in [1.807, 2.05) is 38.1 Å². The highest BCUT2D eigenvalue weighted by atomic mass is 16.5. The molecule has 14 heavy (non-hydrogen) atoms. The van der Waals surface area contributed by atoms with Crippen molar-refractivity contribution in [2.75, 3.05) is 0 Å². The van der Waals surface area contributed by atoms with Gasteiger partial charge in [-0.05, 0) is 25.5 Å². The number of carbonyl (C=O) groups is 1. The molecule has 2 heteroatoms. The van der Waals surface area contributed by atoms with Crippen LogP contribution in [0.2, 0.25) is 0 Å². The molecule has 1 aliphatic heterocycles. The largest absolute Gasteiger partial charge is 0.486 e. The minimum atomic E-state index is -0.314. The number of rotatable bonds is 1. The van der Waals surface area contributed by atoms with E-state index in [1.54, 1.807) is 0 Å². The van der Waals surface area contributed by atoms with Crippen molar-refractivity contribution in [1.29, 1.82) is 0 Å². The number of ether oxygens (including phenoxy) is 1. The third-order valence-electron chi connectivity index (χ3n) is 2.83. The molecule has 1 aromatic carbocycles. The first-order valence-electron chi connectivity index (χ1n) is 4.96. The Morgan fingerprint density at radius 1 is 1.43 bits per heavy atom. The highest BCUT2D eigenvalue weighted by Gasteiger charge is 2.34. The predicted octanol–water partition coefficient (Wildman–Crippen LogP) is 2.82. The Bertz CT molecular complexity index is 370. The van der Waals surface area contributed by atoms with Gasteiger partial charge in [0.2, 0.25) is 0 Å². The smallest absolute Gasteiger partial charge is 0.170 e. The lowest BCUT2D eigenvalue weighted by molar-refractivity contribution is 0.0499. The molecular formula is C12H14O2. The van der Waals surface area contributed by atoms with Crippen molar-refractivity contribution >= 4 is 5.78 Å². The maximum Gasteiger partial charge on any atom is 0.170 e. The number of ketones is 1. The molecule has 1 atom stereocenters. The Kier molecular flexibility index (Phi) is 2.06. The maximum absolute atomic E-state index is 11.8. The fraction of sp³-hybridized carbons (Fsp3) is 0.417. The molecule has 0 aliphatic carbocycles. The van der Waals surface area contributed by atoms with Crippen LogP contribution in [0.3, 0.4) is 0 Å². The summed E-state index contributed by atoms with van der Waals surface area (Å²) < 4.78 is 5.82. The van der Waals surface area contributed by atoms with Crippen molar-refractivity contribution in [3.05, 3.63) is 29.8 Å². The molecule has 2 rings (SSSR count). The summed E-state index contributed by atoms with van der Waals surface area (Å²) in [5, 5.41) is 0. The minimum absolute atomic E-state index is 0.191. The lowest BCUT2D eigenvalue weighted by Crippen LogP contribution is -2.38. The second-order valence-corrected chi connectivity index (χ2v) is 4.00. The van der Waals surface area contributed by atoms with Crippen molar-refractivity contribution < 1.29 is 9.53 Å². The molecule has 1 aliphatic rings. The van der Waals surface area contributed by atoms with Crippen molar-refractivity contribution in [3.8, 4) is 5.75 Å². The van der Waals surface area contributed by atoms with Gasteiger partial charge in [-0.2, -0.15) is 0 Å². The van der Waals surface area contributed by atoms with Gasteiger partial charge in [0, 0.05) is 0 Å². The van der Waals surface area contributed by atoms with Gasteiger partial charge in [0.25, 0.3) is 0 Å². The molecule has 0 amide bonds. The summed E-state index contributed by atoms with van der Waals surface area (Å²) in [5.41, 5.74) is 0.407. The average molecular weight is 190 g/mol. The third kappa shape index (κ3) is 1.41. The second kappa shape index (κ2) is 3.12. The monoisotopic (exact) mass is 190 g/mol. The first-order valence-corrected chi connectivity index (χ1v) is 4.96. The molecule has 2 nitrogen and oxygen atoms in total. The minimum Gasteiger partial charge on any atom is -0.486 e. The number of fused-ring (bicyclic) bond motifs is 1. The molecule has 0 spiro atoms. The van der Waals surface area contributed by atoms with Crippen molar-refractivity contribution in [1.82, 2.24) is 0 Å². The number of hydrogen-bond acceptors (Lipinski definition) is 2. The SMILES string of the molecule is CCC1(C)CC(=O)c2ccccc2O1. The van der Waals surface area contributed by atoms with Crippen LogP contribution in [0.15, 0.2) is 24.3 Å². The summed E-state index contributed by atoms with van der Waals surface area (Å²) in [6.45, 7) is 4.03. The Labute approximate surface area is 83.9 Å². The Hall–Kier alpha value is -1.31. The lowest BCUT2D eigenvalue weighted by atomic mass is 9.90. The van der Waals surface area contributed by atoms with Gasteiger partial charge in [0.05, 0.1) is 12.0 Å². The fourth-order valence-corrected chi connectivity index (χ4v) is 1.72. The van der Waals surface area contributed by atoms with E-state index in [-0.39, 0.29) is 11.4 Å². The summed E-state index contributed by atoms with van der Waals surface area (Å²) >= 11 is 0. The van der Waals surface area contributed by atoms with Gasteiger partial charge in [-0.15, -0.1) is 0 Å². The Balaban J connectivity index is 2.43. The summed E-state index contributed by atoms with van der Waals surface area (Å²) in [6, 6.07) is 7.45. The lowest BCUT2D eigenvalue weighted by Gasteiger charge is -2.33. The van der Waals surface area contributed by atoms with E-state index in [0.29, 0.717) is 6.42 Å². The molecule has 0 saturated carbocycles. The van der Waals surface area contributed by atoms with Crippen LogP contribution in [-0.2, 0) is 0 Å². The highest BCUT2D eigenvalue weighted by molar-refractivity contribution is 6.00. The van der Waals surface area contributed by atoms with Crippen molar-refractivity contribution in [2.24, 2.45) is 0 Å². The van der Waals surface area contributed by atoms with Gasteiger partial charge >= 0.3 is 0 Å². The molecule has 0 saturated heterocycles. The summed E-state index contributed by atoms with van der Waals surface area (Å²) in [6.07, 6.45) is 1.34. The average Bonchev–Trinajstić information content (AvgIpc) is 2.18. The normalized spacial score (nSPS) is 25.4. The van der Waals surface area contributed by atoms with E-state index < -0.39 is 0 Å². The van der Waals surface area contributed by atoms with E-state index in [9.17, 15) is 4.79 Å². The molecule has 0 bridgehead atoms. The fourth-order valence-electron chi connectivity index (χ4n) is 1.72. The molecule has 0 N–H and O–H groups in total. The van der Waals surface area contributed by atoms with Crippen LogP contribution in [0.1, 0.15) is 37.0 Å². The standard InChI is InChI=1S/C12H14O2/c1-3-12(2)8-10(13)9-6-4-5-7-11(9)14-12/h4-7H,3,8H2,1-2H3. The Morgan fingerprint density at radius 3 is 2.86 bits per heavy atom. The van der Waals surface area contributed by atoms with E-state index in [0.717, 1.165) is 17.7 Å². The van der Waals surface area contributed by atoms with Crippen molar-refractivity contribution in [2.45, 2.75) is 32.3 Å². The van der Waals surface area contributed by atoms with Gasteiger partial charge in [0.1, 0.15) is 11.4 Å². The first kappa shape index (κ1) is 9.25. The van der Waals surface area contributed by atoms with Gasteiger partial charge in [-0.3, -0.25) is 4.79 Å². The topological polar surface area (TPSA) is 26.3 Å². The number of benzene rings is 1. The van der Waals surface area contributed by atoms with Crippen LogP contribution in [0.4, 0.5) is 0 Å². The molecule has 0 fully saturated rings.